The van der Waals surface area contributed by atoms with Gasteiger partial charge in [-0.3, -0.25) is 0 Å². The van der Waals surface area contributed by atoms with E-state index in [2.05, 4.69) is 4.72 Å². The van der Waals surface area contributed by atoms with Crippen molar-refractivity contribution in [2.75, 3.05) is 0 Å². The minimum atomic E-state index is -3.59. The molecular formula is C14H19N3O2S. The van der Waals surface area contributed by atoms with Crippen LogP contribution < -0.4 is 10.5 Å². The van der Waals surface area contributed by atoms with Gasteiger partial charge in [-0.1, -0.05) is 12.8 Å². The quantitative estimate of drug-likeness (QED) is 0.880. The van der Waals surface area contributed by atoms with E-state index in [1.54, 1.807) is 13.0 Å². The van der Waals surface area contributed by atoms with E-state index < -0.39 is 10.0 Å². The van der Waals surface area contributed by atoms with Gasteiger partial charge in [0.05, 0.1) is 16.5 Å². The van der Waals surface area contributed by atoms with Gasteiger partial charge >= 0.3 is 0 Å². The maximum absolute atomic E-state index is 12.4. The van der Waals surface area contributed by atoms with Crippen LogP contribution in [0.3, 0.4) is 0 Å². The van der Waals surface area contributed by atoms with Gasteiger partial charge in [-0.2, -0.15) is 5.26 Å². The summed E-state index contributed by atoms with van der Waals surface area (Å²) in [5, 5.41) is 8.82. The number of rotatable bonds is 3. The van der Waals surface area contributed by atoms with Gasteiger partial charge in [0, 0.05) is 12.1 Å². The molecule has 0 aromatic heterocycles. The normalized spacial score (nSPS) is 23.2. The van der Waals surface area contributed by atoms with Crippen molar-refractivity contribution in [1.29, 1.82) is 5.26 Å². The SMILES string of the molecule is Cc1cc(C#N)ccc1S(=O)(=O)N[C@@H]1CCCC[C@H]1N. The van der Waals surface area contributed by atoms with Gasteiger partial charge in [0.15, 0.2) is 0 Å². The third kappa shape index (κ3) is 3.18. The molecule has 0 amide bonds. The first-order chi connectivity index (χ1) is 9.44. The Labute approximate surface area is 119 Å². The Hall–Kier alpha value is -1.42. The molecule has 0 bridgehead atoms. The maximum Gasteiger partial charge on any atom is 0.241 e. The molecule has 2 atom stereocenters. The zero-order valence-corrected chi connectivity index (χ0v) is 12.3. The number of nitrogens with one attached hydrogen (secondary N) is 1. The van der Waals surface area contributed by atoms with Crippen molar-refractivity contribution in [3.8, 4) is 6.07 Å². The van der Waals surface area contributed by atoms with E-state index in [1.807, 2.05) is 6.07 Å². The Kier molecular flexibility index (Phi) is 4.43. The van der Waals surface area contributed by atoms with Gasteiger partial charge in [0.2, 0.25) is 10.0 Å². The highest BCUT2D eigenvalue weighted by Crippen LogP contribution is 2.21. The third-order valence-electron chi connectivity index (χ3n) is 3.72. The number of nitrogens with zero attached hydrogens (tertiary/aromatic N) is 1. The summed E-state index contributed by atoms with van der Waals surface area (Å²) >= 11 is 0. The highest BCUT2D eigenvalue weighted by atomic mass is 32.2. The first-order valence-electron chi connectivity index (χ1n) is 6.73. The Morgan fingerprint density at radius 3 is 2.65 bits per heavy atom. The molecule has 1 aromatic carbocycles. The number of aryl methyl sites for hydroxylation is 1. The second-order valence-corrected chi connectivity index (χ2v) is 6.95. The lowest BCUT2D eigenvalue weighted by atomic mass is 9.92. The molecular weight excluding hydrogens is 274 g/mol. The largest absolute Gasteiger partial charge is 0.326 e. The molecule has 0 heterocycles. The fraction of sp³-hybridized carbons (Fsp3) is 0.500. The second-order valence-electron chi connectivity index (χ2n) is 5.27. The zero-order chi connectivity index (χ0) is 14.8. The summed E-state index contributed by atoms with van der Waals surface area (Å²) in [6.07, 6.45) is 3.66. The minimum Gasteiger partial charge on any atom is -0.326 e. The molecule has 1 aliphatic rings. The van der Waals surface area contributed by atoms with Crippen molar-refractivity contribution in [3.05, 3.63) is 29.3 Å². The molecule has 0 spiro atoms. The molecule has 1 aromatic rings. The lowest BCUT2D eigenvalue weighted by Gasteiger charge is -2.29. The van der Waals surface area contributed by atoms with Crippen LogP contribution >= 0.6 is 0 Å². The lowest BCUT2D eigenvalue weighted by molar-refractivity contribution is 0.361. The van der Waals surface area contributed by atoms with Crippen LogP contribution in [0.25, 0.3) is 0 Å². The van der Waals surface area contributed by atoms with Gasteiger partial charge in [0.1, 0.15) is 0 Å². The molecule has 0 unspecified atom stereocenters. The van der Waals surface area contributed by atoms with Crippen molar-refractivity contribution in [1.82, 2.24) is 4.72 Å². The Morgan fingerprint density at radius 1 is 1.35 bits per heavy atom. The zero-order valence-electron chi connectivity index (χ0n) is 11.5. The van der Waals surface area contributed by atoms with Crippen LogP contribution in [0.15, 0.2) is 23.1 Å². The summed E-state index contributed by atoms with van der Waals surface area (Å²) in [6.45, 7) is 1.69. The van der Waals surface area contributed by atoms with Crippen LogP contribution in [-0.4, -0.2) is 20.5 Å². The van der Waals surface area contributed by atoms with Crippen LogP contribution in [0.4, 0.5) is 0 Å². The predicted molar refractivity (Wildman–Crippen MR) is 76.4 cm³/mol. The molecule has 1 saturated carbocycles. The number of nitriles is 1. The standard InChI is InChI=1S/C14H19N3O2S/c1-10-8-11(9-15)6-7-14(10)20(18,19)17-13-5-3-2-4-12(13)16/h6-8,12-13,17H,2-5,16H2,1H3/t12-,13-/m1/s1. The van der Waals surface area contributed by atoms with Gasteiger partial charge in [-0.05, 0) is 43.5 Å². The predicted octanol–water partition coefficient (Wildman–Crippen LogP) is 1.41. The highest BCUT2D eigenvalue weighted by molar-refractivity contribution is 7.89. The summed E-state index contributed by atoms with van der Waals surface area (Å²) in [5.74, 6) is 0. The molecule has 1 aliphatic carbocycles. The lowest BCUT2D eigenvalue weighted by Crippen LogP contribution is -2.49. The van der Waals surface area contributed by atoms with Crippen molar-refractivity contribution >= 4 is 10.0 Å². The molecule has 0 aliphatic heterocycles. The van der Waals surface area contributed by atoms with Crippen molar-refractivity contribution in [3.63, 3.8) is 0 Å². The second kappa shape index (κ2) is 5.92. The number of hydrogen-bond donors (Lipinski definition) is 2. The molecule has 2 rings (SSSR count). The van der Waals surface area contributed by atoms with Gasteiger partial charge < -0.3 is 5.73 Å². The summed E-state index contributed by atoms with van der Waals surface area (Å²) < 4.78 is 27.5. The molecule has 20 heavy (non-hydrogen) atoms. The van der Waals surface area contributed by atoms with Crippen LogP contribution in [0.5, 0.6) is 0 Å². The molecule has 6 heteroatoms. The Morgan fingerprint density at radius 2 is 2.05 bits per heavy atom. The molecule has 0 radical (unpaired) electrons. The van der Waals surface area contributed by atoms with E-state index in [1.165, 1.54) is 12.1 Å². The van der Waals surface area contributed by atoms with Crippen molar-refractivity contribution < 1.29 is 8.42 Å². The average Bonchev–Trinajstić information content (AvgIpc) is 2.40. The molecule has 5 nitrogen and oxygen atoms in total. The van der Waals surface area contributed by atoms with Crippen LogP contribution in [-0.2, 0) is 10.0 Å². The van der Waals surface area contributed by atoms with E-state index in [9.17, 15) is 8.42 Å². The highest BCUT2D eigenvalue weighted by Gasteiger charge is 2.27. The van der Waals surface area contributed by atoms with Crippen molar-refractivity contribution in [2.45, 2.75) is 49.6 Å². The van der Waals surface area contributed by atoms with E-state index >= 15 is 0 Å². The molecule has 0 saturated heterocycles. The van der Waals surface area contributed by atoms with Crippen LogP contribution in [0, 0.1) is 18.3 Å². The molecule has 1 fully saturated rings. The van der Waals surface area contributed by atoms with Gasteiger partial charge in [-0.15, -0.1) is 0 Å². The van der Waals surface area contributed by atoms with E-state index in [0.29, 0.717) is 11.1 Å². The first-order valence-corrected chi connectivity index (χ1v) is 8.21. The number of hydrogen-bond acceptors (Lipinski definition) is 4. The first kappa shape index (κ1) is 15.0. The monoisotopic (exact) mass is 293 g/mol. The Bertz CT molecular complexity index is 634. The molecule has 108 valence electrons. The summed E-state index contributed by atoms with van der Waals surface area (Å²) in [6, 6.07) is 6.24. The number of sulfonamides is 1. The smallest absolute Gasteiger partial charge is 0.241 e. The summed E-state index contributed by atoms with van der Waals surface area (Å²) in [4.78, 5) is 0.217. The van der Waals surface area contributed by atoms with Crippen molar-refractivity contribution in [2.24, 2.45) is 5.73 Å². The number of nitrogens with two attached hydrogens (primary N) is 1. The third-order valence-corrected chi connectivity index (χ3v) is 5.37. The fourth-order valence-corrected chi connectivity index (χ4v) is 4.14. The Balaban J connectivity index is 2.24. The van der Waals surface area contributed by atoms with Gasteiger partial charge in [-0.25, -0.2) is 13.1 Å². The topological polar surface area (TPSA) is 96.0 Å². The average molecular weight is 293 g/mol. The maximum atomic E-state index is 12.4. The van der Waals surface area contributed by atoms with Crippen LogP contribution in [0.2, 0.25) is 0 Å². The van der Waals surface area contributed by atoms with Gasteiger partial charge in [0.25, 0.3) is 0 Å². The summed E-state index contributed by atoms with van der Waals surface area (Å²) in [7, 11) is -3.59. The van der Waals surface area contributed by atoms with E-state index in [0.717, 1.165) is 25.7 Å². The fourth-order valence-electron chi connectivity index (χ4n) is 2.59. The molecule has 3 N–H and O–H groups in total. The van der Waals surface area contributed by atoms with E-state index in [4.69, 9.17) is 11.0 Å². The number of benzene rings is 1. The van der Waals surface area contributed by atoms with Crippen LogP contribution in [0.1, 0.15) is 36.8 Å². The van der Waals surface area contributed by atoms with E-state index in [-0.39, 0.29) is 17.0 Å². The minimum absolute atomic E-state index is 0.128. The summed E-state index contributed by atoms with van der Waals surface area (Å²) in [5.41, 5.74) is 7.00.